The number of nitrogens with zero attached hydrogens (tertiary/aromatic N) is 1. The molecule has 3 N–H and O–H groups in total. The summed E-state index contributed by atoms with van der Waals surface area (Å²) in [6, 6.07) is 1.60. The SMILES string of the molecule is CCOC(=O)c1cc(N)cnc1NCC1CC1C. The Bertz CT molecular complexity index is 448. The number of nitrogens with two attached hydrogens (primary N) is 1. The Labute approximate surface area is 107 Å². The maximum atomic E-state index is 11.8. The summed E-state index contributed by atoms with van der Waals surface area (Å²) >= 11 is 0. The lowest BCUT2D eigenvalue weighted by molar-refractivity contribution is 0.0527. The van der Waals surface area contributed by atoms with Gasteiger partial charge in [-0.3, -0.25) is 0 Å². The van der Waals surface area contributed by atoms with Crippen molar-refractivity contribution in [3.63, 3.8) is 0 Å². The standard InChI is InChI=1S/C13H19N3O2/c1-3-18-13(17)11-5-10(14)7-16-12(11)15-6-9-4-8(9)2/h5,7-9H,3-4,6,14H2,1-2H3,(H,15,16). The predicted octanol–water partition coefficient (Wildman–Crippen LogP) is 1.91. The van der Waals surface area contributed by atoms with E-state index in [4.69, 9.17) is 10.5 Å². The van der Waals surface area contributed by atoms with Crippen molar-refractivity contribution >= 4 is 17.5 Å². The zero-order valence-electron chi connectivity index (χ0n) is 10.8. The highest BCUT2D eigenvalue weighted by Crippen LogP contribution is 2.37. The van der Waals surface area contributed by atoms with Gasteiger partial charge in [-0.15, -0.1) is 0 Å². The smallest absolute Gasteiger partial charge is 0.341 e. The van der Waals surface area contributed by atoms with Crippen molar-refractivity contribution < 1.29 is 9.53 Å². The third-order valence-corrected chi connectivity index (χ3v) is 3.21. The van der Waals surface area contributed by atoms with E-state index in [0.717, 1.165) is 12.5 Å². The van der Waals surface area contributed by atoms with Gasteiger partial charge in [-0.2, -0.15) is 0 Å². The van der Waals surface area contributed by atoms with E-state index < -0.39 is 0 Å². The van der Waals surface area contributed by atoms with E-state index in [0.29, 0.717) is 29.6 Å². The molecule has 0 aliphatic heterocycles. The minimum atomic E-state index is -0.386. The normalized spacial score (nSPS) is 21.4. The molecule has 18 heavy (non-hydrogen) atoms. The van der Waals surface area contributed by atoms with Gasteiger partial charge in [0.25, 0.3) is 0 Å². The second-order valence-electron chi connectivity index (χ2n) is 4.74. The van der Waals surface area contributed by atoms with Crippen molar-refractivity contribution in [2.24, 2.45) is 11.8 Å². The number of hydrogen-bond acceptors (Lipinski definition) is 5. The number of pyridine rings is 1. The predicted molar refractivity (Wildman–Crippen MR) is 70.4 cm³/mol. The third-order valence-electron chi connectivity index (χ3n) is 3.21. The number of hydrogen-bond donors (Lipinski definition) is 2. The first kappa shape index (κ1) is 12.7. The van der Waals surface area contributed by atoms with Gasteiger partial charge in [0.2, 0.25) is 0 Å². The summed E-state index contributed by atoms with van der Waals surface area (Å²) in [5.41, 5.74) is 6.52. The van der Waals surface area contributed by atoms with Gasteiger partial charge in [0.1, 0.15) is 11.4 Å². The van der Waals surface area contributed by atoms with Crippen LogP contribution in [-0.4, -0.2) is 24.1 Å². The molecule has 1 aliphatic carbocycles. The minimum absolute atomic E-state index is 0.340. The second-order valence-corrected chi connectivity index (χ2v) is 4.74. The van der Waals surface area contributed by atoms with Crippen LogP contribution in [0.5, 0.6) is 0 Å². The van der Waals surface area contributed by atoms with Crippen LogP contribution in [-0.2, 0) is 4.74 Å². The quantitative estimate of drug-likeness (QED) is 0.779. The lowest BCUT2D eigenvalue weighted by Gasteiger charge is -2.10. The molecule has 1 heterocycles. The largest absolute Gasteiger partial charge is 0.462 e. The lowest BCUT2D eigenvalue weighted by atomic mass is 10.2. The molecule has 5 nitrogen and oxygen atoms in total. The molecule has 0 saturated heterocycles. The van der Waals surface area contributed by atoms with Crippen LogP contribution in [0.2, 0.25) is 0 Å². The zero-order valence-corrected chi connectivity index (χ0v) is 10.8. The Morgan fingerprint density at radius 2 is 2.39 bits per heavy atom. The first-order valence-electron chi connectivity index (χ1n) is 6.28. The van der Waals surface area contributed by atoms with Crippen LogP contribution in [0.1, 0.15) is 30.6 Å². The monoisotopic (exact) mass is 249 g/mol. The highest BCUT2D eigenvalue weighted by molar-refractivity contribution is 5.95. The minimum Gasteiger partial charge on any atom is -0.462 e. The van der Waals surface area contributed by atoms with E-state index in [1.165, 1.54) is 6.42 Å². The average molecular weight is 249 g/mol. The summed E-state index contributed by atoms with van der Waals surface area (Å²) in [6.45, 7) is 5.17. The molecule has 1 aromatic heterocycles. The van der Waals surface area contributed by atoms with E-state index in [1.807, 2.05) is 0 Å². The fraction of sp³-hybridized carbons (Fsp3) is 0.538. The molecule has 2 unspecified atom stereocenters. The molecule has 1 aliphatic rings. The number of nitrogens with one attached hydrogen (secondary N) is 1. The summed E-state index contributed by atoms with van der Waals surface area (Å²) in [7, 11) is 0. The number of rotatable bonds is 5. The lowest BCUT2D eigenvalue weighted by Crippen LogP contribution is -2.13. The first-order valence-corrected chi connectivity index (χ1v) is 6.28. The number of aromatic nitrogens is 1. The summed E-state index contributed by atoms with van der Waals surface area (Å²) in [5, 5.41) is 3.20. The van der Waals surface area contributed by atoms with Crippen LogP contribution in [0.4, 0.5) is 11.5 Å². The van der Waals surface area contributed by atoms with E-state index in [1.54, 1.807) is 19.2 Å². The average Bonchev–Trinajstić information content (AvgIpc) is 3.04. The molecule has 0 bridgehead atoms. The molecule has 98 valence electrons. The van der Waals surface area contributed by atoms with Crippen molar-refractivity contribution in [1.82, 2.24) is 4.98 Å². The van der Waals surface area contributed by atoms with Crippen LogP contribution < -0.4 is 11.1 Å². The summed E-state index contributed by atoms with van der Waals surface area (Å²) in [5.74, 6) is 1.61. The fourth-order valence-corrected chi connectivity index (χ4v) is 1.90. The zero-order chi connectivity index (χ0) is 13.1. The number of nitrogen functional groups attached to an aromatic ring is 1. The van der Waals surface area contributed by atoms with Gasteiger partial charge in [0, 0.05) is 6.54 Å². The van der Waals surface area contributed by atoms with E-state index in [2.05, 4.69) is 17.2 Å². The van der Waals surface area contributed by atoms with Gasteiger partial charge in [0.15, 0.2) is 0 Å². The van der Waals surface area contributed by atoms with Gasteiger partial charge in [-0.25, -0.2) is 9.78 Å². The van der Waals surface area contributed by atoms with Crippen LogP contribution in [0.15, 0.2) is 12.3 Å². The van der Waals surface area contributed by atoms with Gasteiger partial charge < -0.3 is 15.8 Å². The van der Waals surface area contributed by atoms with Gasteiger partial charge in [0.05, 0.1) is 18.5 Å². The fourth-order valence-electron chi connectivity index (χ4n) is 1.90. The Hall–Kier alpha value is -1.78. The summed E-state index contributed by atoms with van der Waals surface area (Å²) in [6.07, 6.45) is 2.78. The van der Waals surface area contributed by atoms with Crippen molar-refractivity contribution in [3.8, 4) is 0 Å². The van der Waals surface area contributed by atoms with Gasteiger partial charge in [-0.05, 0) is 31.2 Å². The number of carbonyl (C=O) groups is 1. The van der Waals surface area contributed by atoms with Crippen molar-refractivity contribution in [2.75, 3.05) is 24.2 Å². The second kappa shape index (κ2) is 5.25. The van der Waals surface area contributed by atoms with Crippen LogP contribution in [0.3, 0.4) is 0 Å². The molecule has 1 aromatic rings. The molecule has 1 saturated carbocycles. The van der Waals surface area contributed by atoms with Crippen LogP contribution in [0, 0.1) is 11.8 Å². The van der Waals surface area contributed by atoms with Gasteiger partial charge in [-0.1, -0.05) is 6.92 Å². The van der Waals surface area contributed by atoms with E-state index in [9.17, 15) is 4.79 Å². The number of ether oxygens (including phenoxy) is 1. The van der Waals surface area contributed by atoms with Crippen molar-refractivity contribution in [2.45, 2.75) is 20.3 Å². The first-order chi connectivity index (χ1) is 8.61. The van der Waals surface area contributed by atoms with Crippen molar-refractivity contribution in [3.05, 3.63) is 17.8 Å². The van der Waals surface area contributed by atoms with Crippen LogP contribution in [0.25, 0.3) is 0 Å². The molecule has 0 amide bonds. The maximum absolute atomic E-state index is 11.8. The molecule has 1 fully saturated rings. The van der Waals surface area contributed by atoms with Crippen molar-refractivity contribution in [1.29, 1.82) is 0 Å². The van der Waals surface area contributed by atoms with Gasteiger partial charge >= 0.3 is 5.97 Å². The Morgan fingerprint density at radius 3 is 3.00 bits per heavy atom. The molecular formula is C13H19N3O2. The maximum Gasteiger partial charge on any atom is 0.341 e. The number of anilines is 2. The summed E-state index contributed by atoms with van der Waals surface area (Å²) in [4.78, 5) is 16.0. The highest BCUT2D eigenvalue weighted by Gasteiger charge is 2.32. The summed E-state index contributed by atoms with van der Waals surface area (Å²) < 4.78 is 4.99. The number of carbonyl (C=O) groups excluding carboxylic acids is 1. The molecular weight excluding hydrogens is 230 g/mol. The molecule has 0 spiro atoms. The molecule has 2 rings (SSSR count). The topological polar surface area (TPSA) is 77.2 Å². The number of esters is 1. The van der Waals surface area contributed by atoms with Crippen LogP contribution >= 0.6 is 0 Å². The molecule has 5 heteroatoms. The molecule has 0 radical (unpaired) electrons. The molecule has 2 atom stereocenters. The molecule has 0 aromatic carbocycles. The highest BCUT2D eigenvalue weighted by atomic mass is 16.5. The Balaban J connectivity index is 2.09. The van der Waals surface area contributed by atoms with E-state index >= 15 is 0 Å². The third kappa shape index (κ3) is 2.91. The Morgan fingerprint density at radius 1 is 1.67 bits per heavy atom. The van der Waals surface area contributed by atoms with E-state index in [-0.39, 0.29) is 5.97 Å². The Kier molecular flexibility index (Phi) is 3.69.